The van der Waals surface area contributed by atoms with E-state index in [-0.39, 0.29) is 36.4 Å². The van der Waals surface area contributed by atoms with Crippen molar-refractivity contribution in [3.63, 3.8) is 0 Å². The van der Waals surface area contributed by atoms with Crippen molar-refractivity contribution in [1.82, 2.24) is 20.5 Å². The number of amides is 1. The van der Waals surface area contributed by atoms with Crippen LogP contribution in [0.4, 0.5) is 5.69 Å². The molecule has 7 nitrogen and oxygen atoms in total. The van der Waals surface area contributed by atoms with Gasteiger partial charge in [-0.25, -0.2) is 9.98 Å². The first-order chi connectivity index (χ1) is 14.5. The van der Waals surface area contributed by atoms with E-state index in [0.29, 0.717) is 25.6 Å². The molecule has 0 aliphatic carbocycles. The van der Waals surface area contributed by atoms with Gasteiger partial charge in [-0.05, 0) is 45.0 Å². The van der Waals surface area contributed by atoms with Crippen LogP contribution in [0.25, 0.3) is 0 Å². The Bertz CT molecular complexity index is 861. The molecule has 0 bridgehead atoms. The van der Waals surface area contributed by atoms with Gasteiger partial charge in [0.1, 0.15) is 11.6 Å². The smallest absolute Gasteiger partial charge is 0.244 e. The molecule has 0 spiro atoms. The molecule has 0 saturated carbocycles. The van der Waals surface area contributed by atoms with Gasteiger partial charge in [0.05, 0.1) is 12.2 Å². The minimum Gasteiger partial charge on any atom is -0.368 e. The lowest BCUT2D eigenvalue weighted by Crippen LogP contribution is -2.49. The predicted molar refractivity (Wildman–Crippen MR) is 140 cm³/mol. The summed E-state index contributed by atoms with van der Waals surface area (Å²) in [6, 6.07) is 7.83. The molecule has 0 atom stereocenters. The van der Waals surface area contributed by atoms with Crippen LogP contribution >= 0.6 is 46.9 Å². The highest BCUT2D eigenvalue weighted by Crippen LogP contribution is 2.19. The number of benzene rings is 1. The van der Waals surface area contributed by atoms with Gasteiger partial charge in [-0.3, -0.25) is 4.79 Å². The molecule has 170 valence electrons. The zero-order valence-electron chi connectivity index (χ0n) is 18.2. The third-order valence-corrected chi connectivity index (χ3v) is 6.35. The van der Waals surface area contributed by atoms with E-state index in [1.54, 1.807) is 11.3 Å². The number of piperazine rings is 1. The second-order valence-corrected chi connectivity index (χ2v) is 8.87. The van der Waals surface area contributed by atoms with E-state index in [1.807, 2.05) is 43.0 Å². The van der Waals surface area contributed by atoms with Gasteiger partial charge in [0.15, 0.2) is 5.96 Å². The van der Waals surface area contributed by atoms with Gasteiger partial charge >= 0.3 is 0 Å². The average molecular weight is 577 g/mol. The summed E-state index contributed by atoms with van der Waals surface area (Å²) in [6.07, 6.45) is 0. The molecule has 2 heterocycles. The maximum absolute atomic E-state index is 12.6. The molecule has 2 aromatic rings. The third kappa shape index (κ3) is 7.50. The van der Waals surface area contributed by atoms with Crippen molar-refractivity contribution in [3.8, 4) is 0 Å². The largest absolute Gasteiger partial charge is 0.368 e. The van der Waals surface area contributed by atoms with E-state index in [4.69, 9.17) is 11.6 Å². The van der Waals surface area contributed by atoms with Gasteiger partial charge in [-0.15, -0.1) is 35.3 Å². The lowest BCUT2D eigenvalue weighted by Gasteiger charge is -2.36. The minimum absolute atomic E-state index is 0. The van der Waals surface area contributed by atoms with Crippen LogP contribution in [0.3, 0.4) is 0 Å². The highest BCUT2D eigenvalue weighted by Gasteiger charge is 2.21. The van der Waals surface area contributed by atoms with Gasteiger partial charge in [0.2, 0.25) is 5.91 Å². The van der Waals surface area contributed by atoms with E-state index in [0.717, 1.165) is 41.0 Å². The first-order valence-corrected chi connectivity index (χ1v) is 11.4. The second-order valence-electron chi connectivity index (χ2n) is 7.14. The predicted octanol–water partition coefficient (Wildman–Crippen LogP) is 3.44. The van der Waals surface area contributed by atoms with Crippen LogP contribution < -0.4 is 15.5 Å². The molecule has 1 fully saturated rings. The topological polar surface area (TPSA) is 72.9 Å². The number of carbonyl (C=O) groups is 1. The summed E-state index contributed by atoms with van der Waals surface area (Å²) < 4.78 is 0. The molecule has 0 unspecified atom stereocenters. The van der Waals surface area contributed by atoms with Crippen LogP contribution in [0.5, 0.6) is 0 Å². The summed E-state index contributed by atoms with van der Waals surface area (Å²) in [5, 5.41) is 8.20. The van der Waals surface area contributed by atoms with Crippen molar-refractivity contribution in [2.45, 2.75) is 27.3 Å². The van der Waals surface area contributed by atoms with Crippen molar-refractivity contribution in [3.05, 3.63) is 44.9 Å². The number of anilines is 1. The normalized spacial score (nSPS) is 14.3. The fourth-order valence-corrected chi connectivity index (χ4v) is 4.23. The van der Waals surface area contributed by atoms with Gasteiger partial charge in [-0.1, -0.05) is 11.6 Å². The van der Waals surface area contributed by atoms with E-state index in [9.17, 15) is 4.79 Å². The van der Waals surface area contributed by atoms with Crippen LogP contribution in [-0.2, 0) is 11.3 Å². The number of nitrogens with one attached hydrogen (secondary N) is 2. The Morgan fingerprint density at radius 3 is 2.42 bits per heavy atom. The van der Waals surface area contributed by atoms with Crippen molar-refractivity contribution in [2.75, 3.05) is 44.2 Å². The van der Waals surface area contributed by atoms with Crippen molar-refractivity contribution in [1.29, 1.82) is 0 Å². The Labute approximate surface area is 210 Å². The Morgan fingerprint density at radius 2 is 1.84 bits per heavy atom. The number of aryl methyl sites for hydroxylation is 2. The number of guanidine groups is 1. The van der Waals surface area contributed by atoms with Gasteiger partial charge in [0.25, 0.3) is 0 Å². The van der Waals surface area contributed by atoms with Crippen molar-refractivity contribution < 1.29 is 4.79 Å². The molecule has 31 heavy (non-hydrogen) atoms. The molecule has 1 aromatic carbocycles. The maximum atomic E-state index is 12.6. The van der Waals surface area contributed by atoms with Crippen LogP contribution in [0.1, 0.15) is 22.5 Å². The molecular formula is C21H30ClIN6OS. The molecule has 1 amide bonds. The standard InChI is InChI=1S/C21H29ClN6OS.HI/c1-4-23-21(24-13-19-26-15(2)16(3)30-19)25-14-20(29)28-11-9-27(10-12-28)18-7-5-17(22)6-8-18;/h5-8H,4,9-14H2,1-3H3,(H2,23,24,25);1H. The molecule has 1 aromatic heterocycles. The van der Waals surface area contributed by atoms with Gasteiger partial charge in [0, 0.05) is 48.3 Å². The number of aromatic nitrogens is 1. The van der Waals surface area contributed by atoms with Crippen LogP contribution in [0.2, 0.25) is 5.02 Å². The first-order valence-electron chi connectivity index (χ1n) is 10.2. The Kier molecular flexibility index (Phi) is 10.3. The highest BCUT2D eigenvalue weighted by atomic mass is 127. The summed E-state index contributed by atoms with van der Waals surface area (Å²) in [5.74, 6) is 0.681. The Morgan fingerprint density at radius 1 is 1.16 bits per heavy atom. The molecule has 1 aliphatic heterocycles. The summed E-state index contributed by atoms with van der Waals surface area (Å²) in [4.78, 5) is 27.0. The lowest BCUT2D eigenvalue weighted by molar-refractivity contribution is -0.129. The zero-order valence-corrected chi connectivity index (χ0v) is 22.1. The number of nitrogens with zero attached hydrogens (tertiary/aromatic N) is 4. The minimum atomic E-state index is 0. The zero-order chi connectivity index (χ0) is 21.5. The molecule has 3 rings (SSSR count). The van der Waals surface area contributed by atoms with Crippen LogP contribution in [0.15, 0.2) is 29.3 Å². The molecule has 10 heteroatoms. The molecule has 0 radical (unpaired) electrons. The number of hydrogen-bond acceptors (Lipinski definition) is 5. The van der Waals surface area contributed by atoms with Crippen LogP contribution in [0, 0.1) is 13.8 Å². The van der Waals surface area contributed by atoms with Crippen LogP contribution in [-0.4, -0.2) is 61.0 Å². The molecule has 1 saturated heterocycles. The lowest BCUT2D eigenvalue weighted by atomic mass is 10.2. The number of rotatable bonds is 6. The highest BCUT2D eigenvalue weighted by molar-refractivity contribution is 14.0. The molecule has 2 N–H and O–H groups in total. The summed E-state index contributed by atoms with van der Waals surface area (Å²) in [5.41, 5.74) is 2.20. The first kappa shape index (κ1) is 25.7. The number of carbonyl (C=O) groups excluding carboxylic acids is 1. The quantitative estimate of drug-likeness (QED) is 0.313. The molecular weight excluding hydrogens is 547 g/mol. The summed E-state index contributed by atoms with van der Waals surface area (Å²) >= 11 is 7.64. The average Bonchev–Trinajstić information content (AvgIpc) is 3.08. The van der Waals surface area contributed by atoms with Crippen molar-refractivity contribution >= 4 is 64.5 Å². The monoisotopic (exact) mass is 576 g/mol. The molecule has 1 aliphatic rings. The van der Waals surface area contributed by atoms with Gasteiger partial charge in [-0.2, -0.15) is 0 Å². The van der Waals surface area contributed by atoms with E-state index in [1.165, 1.54) is 4.88 Å². The third-order valence-electron chi connectivity index (χ3n) is 5.02. The van der Waals surface area contributed by atoms with E-state index in [2.05, 4.69) is 32.4 Å². The fourth-order valence-electron chi connectivity index (χ4n) is 3.23. The number of hydrogen-bond donors (Lipinski definition) is 2. The fraction of sp³-hybridized carbons (Fsp3) is 0.476. The maximum Gasteiger partial charge on any atom is 0.244 e. The number of halogens is 2. The van der Waals surface area contributed by atoms with E-state index >= 15 is 0 Å². The number of aliphatic imine (C=N–C) groups is 1. The Balaban J connectivity index is 0.00000341. The Hall–Kier alpha value is -1.59. The van der Waals surface area contributed by atoms with Crippen molar-refractivity contribution in [2.24, 2.45) is 4.99 Å². The number of thiazole rings is 1. The van der Waals surface area contributed by atoms with Gasteiger partial charge < -0.3 is 20.4 Å². The second kappa shape index (κ2) is 12.4. The van der Waals surface area contributed by atoms with E-state index < -0.39 is 0 Å². The SMILES string of the molecule is CCNC(=NCC(=O)N1CCN(c2ccc(Cl)cc2)CC1)NCc1nc(C)c(C)s1.I. The summed E-state index contributed by atoms with van der Waals surface area (Å²) in [7, 11) is 0. The summed E-state index contributed by atoms with van der Waals surface area (Å²) in [6.45, 7) is 10.5.